The van der Waals surface area contributed by atoms with Gasteiger partial charge in [-0.1, -0.05) is 11.6 Å². The molecule has 0 bridgehead atoms. The van der Waals surface area contributed by atoms with Gasteiger partial charge in [-0.3, -0.25) is 4.90 Å². The van der Waals surface area contributed by atoms with E-state index in [1.807, 2.05) is 20.8 Å². The fourth-order valence-electron chi connectivity index (χ4n) is 1.52. The van der Waals surface area contributed by atoms with Gasteiger partial charge in [0.15, 0.2) is 0 Å². The van der Waals surface area contributed by atoms with Crippen molar-refractivity contribution in [3.63, 3.8) is 0 Å². The topological polar surface area (TPSA) is 53.4 Å². The van der Waals surface area contributed by atoms with Crippen molar-refractivity contribution in [1.82, 2.24) is 4.98 Å². The maximum atomic E-state index is 11.2. The van der Waals surface area contributed by atoms with Gasteiger partial charge in [-0.15, -0.1) is 0 Å². The van der Waals surface area contributed by atoms with Crippen molar-refractivity contribution in [2.45, 2.75) is 33.2 Å². The van der Waals surface area contributed by atoms with Gasteiger partial charge in [0.05, 0.1) is 5.69 Å². The van der Waals surface area contributed by atoms with Gasteiger partial charge in [0.25, 0.3) is 0 Å². The highest BCUT2D eigenvalue weighted by Crippen LogP contribution is 2.26. The minimum Gasteiger partial charge on any atom is -0.465 e. The molecule has 1 aromatic heterocycles. The Hall–Kier alpha value is -1.29. The van der Waals surface area contributed by atoms with E-state index in [9.17, 15) is 9.90 Å². The molecule has 0 atom stereocenters. The summed E-state index contributed by atoms with van der Waals surface area (Å²) in [7, 11) is 0. The lowest BCUT2D eigenvalue weighted by Gasteiger charge is -2.33. The lowest BCUT2D eigenvalue weighted by atomic mass is 10.1. The van der Waals surface area contributed by atoms with Crippen LogP contribution in [-0.2, 0) is 0 Å². The van der Waals surface area contributed by atoms with Crippen LogP contribution in [0, 0.1) is 6.92 Å². The molecule has 1 aromatic rings. The lowest BCUT2D eigenvalue weighted by Crippen LogP contribution is -2.45. The smallest absolute Gasteiger partial charge is 0.412 e. The van der Waals surface area contributed by atoms with E-state index in [2.05, 4.69) is 4.98 Å². The zero-order chi connectivity index (χ0) is 12.5. The number of carbonyl (C=O) groups is 1. The summed E-state index contributed by atoms with van der Waals surface area (Å²) in [6.07, 6.45) is -1.01. The number of amides is 1. The van der Waals surface area contributed by atoms with Crippen LogP contribution in [0.1, 0.15) is 26.5 Å². The van der Waals surface area contributed by atoms with Crippen molar-refractivity contribution >= 4 is 23.4 Å². The van der Waals surface area contributed by atoms with Crippen LogP contribution in [0.2, 0.25) is 5.15 Å². The van der Waals surface area contributed by atoms with E-state index in [1.165, 1.54) is 4.90 Å². The largest absolute Gasteiger partial charge is 0.465 e. The van der Waals surface area contributed by atoms with Crippen LogP contribution < -0.4 is 4.90 Å². The molecule has 0 radical (unpaired) electrons. The third kappa shape index (κ3) is 2.85. The maximum absolute atomic E-state index is 11.2. The molecule has 0 saturated carbocycles. The van der Waals surface area contributed by atoms with Crippen molar-refractivity contribution in [2.24, 2.45) is 0 Å². The molecule has 1 heterocycles. The van der Waals surface area contributed by atoms with E-state index >= 15 is 0 Å². The number of hydrogen-bond acceptors (Lipinski definition) is 2. The first kappa shape index (κ1) is 12.8. The molecule has 1 N–H and O–H groups in total. The highest BCUT2D eigenvalue weighted by atomic mass is 35.5. The number of aromatic nitrogens is 1. The molecule has 0 aliphatic carbocycles. The first-order valence-electron chi connectivity index (χ1n) is 4.89. The van der Waals surface area contributed by atoms with Crippen LogP contribution in [0.3, 0.4) is 0 Å². The van der Waals surface area contributed by atoms with Gasteiger partial charge in [0, 0.05) is 11.2 Å². The minimum atomic E-state index is -1.01. The summed E-state index contributed by atoms with van der Waals surface area (Å²) in [5, 5.41) is 9.50. The predicted octanol–water partition coefficient (Wildman–Crippen LogP) is 3.33. The molecule has 1 amide bonds. The van der Waals surface area contributed by atoms with E-state index in [0.717, 1.165) is 0 Å². The highest BCUT2D eigenvalue weighted by molar-refractivity contribution is 6.29. The van der Waals surface area contributed by atoms with Gasteiger partial charge in [0.2, 0.25) is 0 Å². The number of nitrogens with zero attached hydrogens (tertiary/aromatic N) is 2. The highest BCUT2D eigenvalue weighted by Gasteiger charge is 2.28. The molecular weight excluding hydrogens is 228 g/mol. The van der Waals surface area contributed by atoms with Gasteiger partial charge in [-0.05, 0) is 39.8 Å². The average molecular weight is 243 g/mol. The third-order valence-electron chi connectivity index (χ3n) is 2.03. The summed E-state index contributed by atoms with van der Waals surface area (Å²) in [6.45, 7) is 7.25. The molecular formula is C11H15ClN2O2. The monoisotopic (exact) mass is 242 g/mol. The Labute approximate surface area is 99.9 Å². The summed E-state index contributed by atoms with van der Waals surface area (Å²) < 4.78 is 0. The molecule has 0 saturated heterocycles. The number of rotatable bonds is 1. The van der Waals surface area contributed by atoms with Crippen molar-refractivity contribution in [1.29, 1.82) is 0 Å². The predicted molar refractivity (Wildman–Crippen MR) is 64.2 cm³/mol. The number of carboxylic acid groups (broad SMARTS) is 1. The minimum absolute atomic E-state index is 0.297. The number of anilines is 1. The second-order valence-corrected chi connectivity index (χ2v) is 4.97. The number of halogens is 1. The normalized spacial score (nSPS) is 11.3. The summed E-state index contributed by atoms with van der Waals surface area (Å²) >= 11 is 5.82. The molecule has 0 fully saturated rings. The van der Waals surface area contributed by atoms with Crippen LogP contribution in [0.25, 0.3) is 0 Å². The Morgan fingerprint density at radius 3 is 2.38 bits per heavy atom. The Bertz CT molecular complexity index is 393. The molecule has 0 aliphatic rings. The van der Waals surface area contributed by atoms with Crippen LogP contribution in [0.5, 0.6) is 0 Å². The van der Waals surface area contributed by atoms with E-state index in [0.29, 0.717) is 16.5 Å². The molecule has 5 heteroatoms. The van der Waals surface area contributed by atoms with E-state index in [1.54, 1.807) is 19.1 Å². The van der Waals surface area contributed by atoms with Crippen LogP contribution in [0.15, 0.2) is 12.1 Å². The molecule has 0 aromatic carbocycles. The van der Waals surface area contributed by atoms with Crippen LogP contribution in [-0.4, -0.2) is 21.7 Å². The van der Waals surface area contributed by atoms with Crippen molar-refractivity contribution < 1.29 is 9.90 Å². The van der Waals surface area contributed by atoms with Gasteiger partial charge in [-0.25, -0.2) is 9.78 Å². The summed E-state index contributed by atoms with van der Waals surface area (Å²) in [6, 6.07) is 3.25. The third-order valence-corrected chi connectivity index (χ3v) is 2.22. The Morgan fingerprint density at radius 1 is 1.44 bits per heavy atom. The van der Waals surface area contributed by atoms with Crippen molar-refractivity contribution in [3.05, 3.63) is 23.0 Å². The quantitative estimate of drug-likeness (QED) is 0.769. The molecule has 0 unspecified atom stereocenters. The Kier molecular flexibility index (Phi) is 3.43. The second kappa shape index (κ2) is 4.29. The summed E-state index contributed by atoms with van der Waals surface area (Å²) in [5.74, 6) is 0. The average Bonchev–Trinajstić information content (AvgIpc) is 1.96. The first-order valence-corrected chi connectivity index (χ1v) is 5.27. The zero-order valence-electron chi connectivity index (χ0n) is 9.78. The fraction of sp³-hybridized carbons (Fsp3) is 0.455. The molecule has 16 heavy (non-hydrogen) atoms. The molecule has 4 nitrogen and oxygen atoms in total. The van der Waals surface area contributed by atoms with Gasteiger partial charge in [-0.2, -0.15) is 0 Å². The number of hydrogen-bond donors (Lipinski definition) is 1. The first-order chi connectivity index (χ1) is 7.21. The SMILES string of the molecule is Cc1cc(N(C(=O)O)C(C)(C)C)cc(Cl)n1. The molecule has 88 valence electrons. The number of pyridine rings is 1. The van der Waals surface area contributed by atoms with Crippen LogP contribution >= 0.6 is 11.6 Å². The van der Waals surface area contributed by atoms with Gasteiger partial charge < -0.3 is 5.11 Å². The number of aryl methyl sites for hydroxylation is 1. The zero-order valence-corrected chi connectivity index (χ0v) is 10.5. The standard InChI is InChI=1S/C11H15ClN2O2/c1-7-5-8(6-9(12)13-7)14(10(15)16)11(2,3)4/h5-6H,1-4H3,(H,15,16). The summed E-state index contributed by atoms with van der Waals surface area (Å²) in [4.78, 5) is 16.5. The fourth-order valence-corrected chi connectivity index (χ4v) is 1.77. The van der Waals surface area contributed by atoms with Crippen molar-refractivity contribution in [2.75, 3.05) is 4.90 Å². The van der Waals surface area contributed by atoms with Crippen LogP contribution in [0.4, 0.5) is 10.5 Å². The van der Waals surface area contributed by atoms with E-state index < -0.39 is 11.6 Å². The molecule has 0 spiro atoms. The van der Waals surface area contributed by atoms with Gasteiger partial charge >= 0.3 is 6.09 Å². The van der Waals surface area contributed by atoms with E-state index in [-0.39, 0.29) is 0 Å². The molecule has 0 aliphatic heterocycles. The lowest BCUT2D eigenvalue weighted by molar-refractivity contribution is 0.195. The van der Waals surface area contributed by atoms with Gasteiger partial charge in [0.1, 0.15) is 5.15 Å². The van der Waals surface area contributed by atoms with Crippen molar-refractivity contribution in [3.8, 4) is 0 Å². The van der Waals surface area contributed by atoms with E-state index in [4.69, 9.17) is 11.6 Å². The second-order valence-electron chi connectivity index (χ2n) is 4.58. The maximum Gasteiger partial charge on any atom is 0.412 e. The Balaban J connectivity index is 3.27. The molecule has 1 rings (SSSR count). The Morgan fingerprint density at radius 2 is 2.00 bits per heavy atom. The summed E-state index contributed by atoms with van der Waals surface area (Å²) in [5.41, 5.74) is 0.707.